The highest BCUT2D eigenvalue weighted by molar-refractivity contribution is 5.97. The van der Waals surface area contributed by atoms with Gasteiger partial charge in [0.2, 0.25) is 0 Å². The van der Waals surface area contributed by atoms with Crippen LogP contribution in [-0.4, -0.2) is 31.0 Å². The van der Waals surface area contributed by atoms with Gasteiger partial charge in [0.1, 0.15) is 11.4 Å². The fraction of sp³-hybridized carbons (Fsp3) is 0.0556. The van der Waals surface area contributed by atoms with Crippen LogP contribution in [0.15, 0.2) is 54.7 Å². The Balaban J connectivity index is 1.45. The largest absolute Gasteiger partial charge is 0.505 e. The molecule has 0 bridgehead atoms. The molecule has 0 unspecified atom stereocenters. The van der Waals surface area contributed by atoms with E-state index in [-0.39, 0.29) is 12.5 Å². The van der Waals surface area contributed by atoms with Crippen molar-refractivity contribution < 1.29 is 14.3 Å². The zero-order valence-corrected chi connectivity index (χ0v) is 13.5. The molecule has 0 aliphatic carbocycles. The van der Waals surface area contributed by atoms with Gasteiger partial charge in [-0.2, -0.15) is 0 Å². The maximum absolute atomic E-state index is 13.4. The fourth-order valence-corrected chi connectivity index (χ4v) is 2.61. The standard InChI is InChI=1S/C18H14FN5O2/c19-14-8-13(5-6-17(14)25)24-10-12(22-23-24)9-20-18(26)16-7-11-3-1-2-4-15(11)21-16/h1-8,10,21,25H,9H2,(H,20,26). The van der Waals surface area contributed by atoms with Crippen molar-refractivity contribution in [3.63, 3.8) is 0 Å². The maximum Gasteiger partial charge on any atom is 0.268 e. The van der Waals surface area contributed by atoms with E-state index in [1.807, 2.05) is 24.3 Å². The molecule has 1 amide bonds. The average molecular weight is 351 g/mol. The van der Waals surface area contributed by atoms with Crippen LogP contribution >= 0.6 is 0 Å². The fourth-order valence-electron chi connectivity index (χ4n) is 2.61. The van der Waals surface area contributed by atoms with Gasteiger partial charge in [-0.1, -0.05) is 23.4 Å². The molecule has 2 heterocycles. The molecule has 4 rings (SSSR count). The van der Waals surface area contributed by atoms with Crippen molar-refractivity contribution in [2.24, 2.45) is 0 Å². The van der Waals surface area contributed by atoms with E-state index in [1.54, 1.807) is 12.3 Å². The third kappa shape index (κ3) is 3.00. The summed E-state index contributed by atoms with van der Waals surface area (Å²) in [5.74, 6) is -1.43. The van der Waals surface area contributed by atoms with Gasteiger partial charge in [-0.05, 0) is 24.3 Å². The van der Waals surface area contributed by atoms with E-state index in [2.05, 4.69) is 20.6 Å². The molecular weight excluding hydrogens is 337 g/mol. The van der Waals surface area contributed by atoms with Crippen LogP contribution < -0.4 is 5.32 Å². The maximum atomic E-state index is 13.4. The minimum Gasteiger partial charge on any atom is -0.505 e. The monoisotopic (exact) mass is 351 g/mol. The Hall–Kier alpha value is -3.68. The number of benzene rings is 2. The van der Waals surface area contributed by atoms with Crippen molar-refractivity contribution in [3.05, 3.63) is 71.9 Å². The number of aromatic nitrogens is 4. The van der Waals surface area contributed by atoms with Crippen molar-refractivity contribution in [3.8, 4) is 11.4 Å². The number of hydrogen-bond donors (Lipinski definition) is 3. The Kier molecular flexibility index (Phi) is 3.85. The Morgan fingerprint density at radius 1 is 1.23 bits per heavy atom. The highest BCUT2D eigenvalue weighted by Gasteiger charge is 2.11. The summed E-state index contributed by atoms with van der Waals surface area (Å²) < 4.78 is 14.8. The summed E-state index contributed by atoms with van der Waals surface area (Å²) in [5, 5.41) is 20.8. The van der Waals surface area contributed by atoms with Gasteiger partial charge in [-0.15, -0.1) is 5.10 Å². The molecule has 4 aromatic rings. The molecule has 0 saturated heterocycles. The van der Waals surface area contributed by atoms with E-state index < -0.39 is 11.6 Å². The van der Waals surface area contributed by atoms with E-state index in [0.29, 0.717) is 17.1 Å². The molecule has 0 saturated carbocycles. The minimum absolute atomic E-state index is 0.175. The average Bonchev–Trinajstić information content (AvgIpc) is 3.28. The predicted molar refractivity (Wildman–Crippen MR) is 92.5 cm³/mol. The van der Waals surface area contributed by atoms with Gasteiger partial charge in [0.05, 0.1) is 18.4 Å². The smallest absolute Gasteiger partial charge is 0.268 e. The molecule has 0 atom stereocenters. The first-order valence-corrected chi connectivity index (χ1v) is 7.86. The van der Waals surface area contributed by atoms with Gasteiger partial charge < -0.3 is 15.4 Å². The van der Waals surface area contributed by atoms with Gasteiger partial charge in [0.15, 0.2) is 11.6 Å². The third-order valence-electron chi connectivity index (χ3n) is 3.94. The zero-order valence-electron chi connectivity index (χ0n) is 13.5. The number of aromatic hydroxyl groups is 1. The molecule has 0 fully saturated rings. The van der Waals surface area contributed by atoms with E-state index in [4.69, 9.17) is 0 Å². The Labute approximate surface area is 147 Å². The zero-order chi connectivity index (χ0) is 18.1. The van der Waals surface area contributed by atoms with Crippen LogP contribution in [0, 0.1) is 5.82 Å². The van der Waals surface area contributed by atoms with Crippen LogP contribution in [0.3, 0.4) is 0 Å². The van der Waals surface area contributed by atoms with E-state index >= 15 is 0 Å². The minimum atomic E-state index is -0.744. The molecule has 2 aromatic carbocycles. The van der Waals surface area contributed by atoms with Crippen LogP contribution in [0.2, 0.25) is 0 Å². The lowest BCUT2D eigenvalue weighted by Crippen LogP contribution is -2.23. The van der Waals surface area contributed by atoms with Crippen LogP contribution in [0.5, 0.6) is 5.75 Å². The number of hydrogen-bond acceptors (Lipinski definition) is 4. The second-order valence-electron chi connectivity index (χ2n) is 5.74. The lowest BCUT2D eigenvalue weighted by atomic mass is 10.2. The van der Waals surface area contributed by atoms with E-state index in [0.717, 1.165) is 17.0 Å². The third-order valence-corrected chi connectivity index (χ3v) is 3.94. The lowest BCUT2D eigenvalue weighted by molar-refractivity contribution is 0.0946. The highest BCUT2D eigenvalue weighted by Crippen LogP contribution is 2.18. The Bertz CT molecular complexity index is 1070. The number of para-hydroxylation sites is 1. The molecule has 2 aromatic heterocycles. The van der Waals surface area contributed by atoms with Gasteiger partial charge >= 0.3 is 0 Å². The van der Waals surface area contributed by atoms with Crippen molar-refractivity contribution in [2.75, 3.05) is 0 Å². The molecule has 3 N–H and O–H groups in total. The molecule has 26 heavy (non-hydrogen) atoms. The van der Waals surface area contributed by atoms with Crippen molar-refractivity contribution in [1.82, 2.24) is 25.3 Å². The Morgan fingerprint density at radius 2 is 2.08 bits per heavy atom. The number of phenols is 1. The van der Waals surface area contributed by atoms with Crippen molar-refractivity contribution >= 4 is 16.8 Å². The van der Waals surface area contributed by atoms with Gasteiger partial charge in [0, 0.05) is 17.0 Å². The first-order valence-electron chi connectivity index (χ1n) is 7.86. The number of rotatable bonds is 4. The summed E-state index contributed by atoms with van der Waals surface area (Å²) >= 11 is 0. The summed E-state index contributed by atoms with van der Waals surface area (Å²) in [5.41, 5.74) is 2.28. The number of nitrogens with one attached hydrogen (secondary N) is 2. The number of aromatic amines is 1. The molecule has 0 aliphatic heterocycles. The summed E-state index contributed by atoms with van der Waals surface area (Å²) in [6, 6.07) is 13.3. The highest BCUT2D eigenvalue weighted by atomic mass is 19.1. The first-order chi connectivity index (χ1) is 12.6. The summed E-state index contributed by atoms with van der Waals surface area (Å²) in [4.78, 5) is 15.3. The van der Waals surface area contributed by atoms with Crippen LogP contribution in [-0.2, 0) is 6.54 Å². The summed E-state index contributed by atoms with van der Waals surface area (Å²) in [7, 11) is 0. The number of nitrogens with zero attached hydrogens (tertiary/aromatic N) is 3. The number of halogens is 1. The molecule has 0 aliphatic rings. The lowest BCUT2D eigenvalue weighted by Gasteiger charge is -2.01. The summed E-state index contributed by atoms with van der Waals surface area (Å²) in [6.45, 7) is 0.175. The normalized spacial score (nSPS) is 11.0. The first kappa shape index (κ1) is 15.8. The van der Waals surface area contributed by atoms with Crippen molar-refractivity contribution in [2.45, 2.75) is 6.54 Å². The number of amides is 1. The number of phenolic OH excluding ortho intramolecular Hbond substituents is 1. The van der Waals surface area contributed by atoms with Gasteiger partial charge in [-0.25, -0.2) is 9.07 Å². The number of carbonyl (C=O) groups excluding carboxylic acids is 1. The van der Waals surface area contributed by atoms with Crippen molar-refractivity contribution in [1.29, 1.82) is 0 Å². The second-order valence-corrected chi connectivity index (χ2v) is 5.74. The number of H-pyrrole nitrogens is 1. The molecule has 8 heteroatoms. The number of fused-ring (bicyclic) bond motifs is 1. The topological polar surface area (TPSA) is 95.8 Å². The quantitative estimate of drug-likeness (QED) is 0.526. The van der Waals surface area contributed by atoms with Crippen LogP contribution in [0.1, 0.15) is 16.2 Å². The SMILES string of the molecule is O=C(NCc1cn(-c2ccc(O)c(F)c2)nn1)c1cc2ccccc2[nH]1. The molecular formula is C18H14FN5O2. The Morgan fingerprint density at radius 3 is 2.88 bits per heavy atom. The van der Waals surface area contributed by atoms with Gasteiger partial charge in [-0.3, -0.25) is 4.79 Å². The van der Waals surface area contributed by atoms with E-state index in [9.17, 15) is 14.3 Å². The molecule has 130 valence electrons. The van der Waals surface area contributed by atoms with Gasteiger partial charge in [0.25, 0.3) is 5.91 Å². The predicted octanol–water partition coefficient (Wildman–Crippen LogP) is 2.52. The second kappa shape index (κ2) is 6.32. The summed E-state index contributed by atoms with van der Waals surface area (Å²) in [6.07, 6.45) is 1.58. The molecule has 0 spiro atoms. The number of carbonyl (C=O) groups is 1. The molecule has 7 nitrogen and oxygen atoms in total. The van der Waals surface area contributed by atoms with Crippen LogP contribution in [0.25, 0.3) is 16.6 Å². The molecule has 0 radical (unpaired) electrons. The van der Waals surface area contributed by atoms with Crippen LogP contribution in [0.4, 0.5) is 4.39 Å². The van der Waals surface area contributed by atoms with E-state index in [1.165, 1.54) is 16.8 Å².